The third-order valence-corrected chi connectivity index (χ3v) is 1.92. The van der Waals surface area contributed by atoms with Gasteiger partial charge in [0.1, 0.15) is 0 Å². The molecule has 0 aromatic heterocycles. The van der Waals surface area contributed by atoms with E-state index < -0.39 is 0 Å². The van der Waals surface area contributed by atoms with E-state index in [4.69, 9.17) is 0 Å². The van der Waals surface area contributed by atoms with Crippen molar-refractivity contribution < 1.29 is 0 Å². The molecular weight excluding hydrogens is 146 g/mol. The molecule has 12 heavy (non-hydrogen) atoms. The minimum atomic E-state index is 0.788. The Morgan fingerprint density at radius 2 is 2.00 bits per heavy atom. The first kappa shape index (κ1) is 11.7. The normalized spacial score (nSPS) is 12.2. The van der Waals surface area contributed by atoms with Crippen LogP contribution < -0.4 is 0 Å². The summed E-state index contributed by atoms with van der Waals surface area (Å²) in [5, 5.41) is 0. The van der Waals surface area contributed by atoms with Gasteiger partial charge in [-0.15, -0.1) is 0 Å². The van der Waals surface area contributed by atoms with E-state index in [-0.39, 0.29) is 0 Å². The van der Waals surface area contributed by atoms with Crippen LogP contribution in [0.5, 0.6) is 0 Å². The first-order valence-corrected chi connectivity index (χ1v) is 5.04. The second-order valence-electron chi connectivity index (χ2n) is 3.64. The van der Waals surface area contributed by atoms with Crippen molar-refractivity contribution in [1.82, 2.24) is 4.90 Å². The number of nitrogens with zero attached hydrogens (tertiary/aromatic N) is 1. The third-order valence-electron chi connectivity index (χ3n) is 1.92. The molecule has 1 nitrogen and oxygen atoms in total. The van der Waals surface area contributed by atoms with Crippen molar-refractivity contribution >= 4 is 0 Å². The Hall–Kier alpha value is -0.300. The van der Waals surface area contributed by atoms with Crippen LogP contribution in [0, 0.1) is 5.92 Å². The molecule has 0 heterocycles. The molecule has 0 radical (unpaired) electrons. The highest BCUT2D eigenvalue weighted by Gasteiger charge is 2.02. The van der Waals surface area contributed by atoms with Gasteiger partial charge in [0.15, 0.2) is 0 Å². The minimum absolute atomic E-state index is 0.788. The highest BCUT2D eigenvalue weighted by molar-refractivity contribution is 4.78. The zero-order valence-corrected chi connectivity index (χ0v) is 9.01. The quantitative estimate of drug-likeness (QED) is 0.553. The maximum absolute atomic E-state index is 2.50. The second kappa shape index (κ2) is 7.35. The molecule has 0 bridgehead atoms. The van der Waals surface area contributed by atoms with Crippen molar-refractivity contribution in [3.8, 4) is 0 Å². The average Bonchev–Trinajstić information content (AvgIpc) is 2.02. The van der Waals surface area contributed by atoms with Crippen LogP contribution in [0.15, 0.2) is 12.2 Å². The van der Waals surface area contributed by atoms with Crippen LogP contribution in [0.3, 0.4) is 0 Å². The standard InChI is InChI=1S/C11H23N/c1-5-7-8-9-12(6-2)10-11(3)4/h5,7,11H,6,8-10H2,1-4H3/b7-5-. The van der Waals surface area contributed by atoms with Gasteiger partial charge >= 0.3 is 0 Å². The van der Waals surface area contributed by atoms with E-state index >= 15 is 0 Å². The average molecular weight is 169 g/mol. The van der Waals surface area contributed by atoms with Crippen molar-refractivity contribution in [3.05, 3.63) is 12.2 Å². The molecule has 0 N–H and O–H groups in total. The lowest BCUT2D eigenvalue weighted by Gasteiger charge is -2.21. The van der Waals surface area contributed by atoms with Crippen molar-refractivity contribution in [2.45, 2.75) is 34.1 Å². The highest BCUT2D eigenvalue weighted by Crippen LogP contribution is 1.99. The maximum Gasteiger partial charge on any atom is 0.00159 e. The molecule has 0 spiro atoms. The summed E-state index contributed by atoms with van der Waals surface area (Å²) in [7, 11) is 0. The van der Waals surface area contributed by atoms with Crippen LogP contribution in [0.25, 0.3) is 0 Å². The third kappa shape index (κ3) is 6.41. The van der Waals surface area contributed by atoms with Crippen LogP contribution in [0.2, 0.25) is 0 Å². The summed E-state index contributed by atoms with van der Waals surface area (Å²) in [6, 6.07) is 0. The van der Waals surface area contributed by atoms with E-state index in [0.717, 1.165) is 5.92 Å². The van der Waals surface area contributed by atoms with Crippen molar-refractivity contribution in [3.63, 3.8) is 0 Å². The van der Waals surface area contributed by atoms with Crippen molar-refractivity contribution in [2.24, 2.45) is 5.92 Å². The van der Waals surface area contributed by atoms with Gasteiger partial charge in [0.25, 0.3) is 0 Å². The Morgan fingerprint density at radius 3 is 2.42 bits per heavy atom. The van der Waals surface area contributed by atoms with Gasteiger partial charge < -0.3 is 4.90 Å². The lowest BCUT2D eigenvalue weighted by Crippen LogP contribution is -2.28. The zero-order chi connectivity index (χ0) is 9.40. The Balaban J connectivity index is 3.52. The topological polar surface area (TPSA) is 3.24 Å². The molecule has 0 saturated heterocycles. The van der Waals surface area contributed by atoms with E-state index in [1.54, 1.807) is 0 Å². The summed E-state index contributed by atoms with van der Waals surface area (Å²) in [4.78, 5) is 2.50. The minimum Gasteiger partial charge on any atom is -0.303 e. The molecule has 0 aliphatic carbocycles. The SMILES string of the molecule is C/C=C\CCN(CC)CC(C)C. The Kier molecular flexibility index (Phi) is 7.17. The predicted octanol–water partition coefficient (Wildman–Crippen LogP) is 2.93. The molecule has 0 aromatic carbocycles. The van der Waals surface area contributed by atoms with Gasteiger partial charge in [-0.3, -0.25) is 0 Å². The van der Waals surface area contributed by atoms with Crippen LogP contribution in [-0.2, 0) is 0 Å². The number of hydrogen-bond donors (Lipinski definition) is 0. The fourth-order valence-corrected chi connectivity index (χ4v) is 1.32. The molecular formula is C11H23N. The fraction of sp³-hybridized carbons (Fsp3) is 0.818. The predicted molar refractivity (Wildman–Crippen MR) is 56.4 cm³/mol. The van der Waals surface area contributed by atoms with Crippen LogP contribution >= 0.6 is 0 Å². The molecule has 0 fully saturated rings. The Morgan fingerprint density at radius 1 is 1.33 bits per heavy atom. The summed E-state index contributed by atoms with van der Waals surface area (Å²) in [5.41, 5.74) is 0. The van der Waals surface area contributed by atoms with Gasteiger partial charge in [-0.05, 0) is 25.8 Å². The lowest BCUT2D eigenvalue weighted by atomic mass is 10.2. The maximum atomic E-state index is 2.50. The molecule has 1 heteroatoms. The summed E-state index contributed by atoms with van der Waals surface area (Å²) in [6.07, 6.45) is 5.56. The van der Waals surface area contributed by atoms with E-state index in [1.165, 1.54) is 26.1 Å². The second-order valence-corrected chi connectivity index (χ2v) is 3.64. The lowest BCUT2D eigenvalue weighted by molar-refractivity contribution is 0.261. The highest BCUT2D eigenvalue weighted by atomic mass is 15.1. The van der Waals surface area contributed by atoms with Gasteiger partial charge in [-0.1, -0.05) is 32.9 Å². The molecule has 72 valence electrons. The van der Waals surface area contributed by atoms with Crippen LogP contribution in [0.1, 0.15) is 34.1 Å². The molecule has 0 amide bonds. The Labute approximate surface area is 77.5 Å². The molecule has 0 atom stereocenters. The van der Waals surface area contributed by atoms with Crippen LogP contribution in [0.4, 0.5) is 0 Å². The van der Waals surface area contributed by atoms with Gasteiger partial charge in [0.05, 0.1) is 0 Å². The zero-order valence-electron chi connectivity index (χ0n) is 9.01. The van der Waals surface area contributed by atoms with Crippen molar-refractivity contribution in [1.29, 1.82) is 0 Å². The van der Waals surface area contributed by atoms with Gasteiger partial charge in [0.2, 0.25) is 0 Å². The molecule has 0 rings (SSSR count). The Bertz CT molecular complexity index is 116. The van der Waals surface area contributed by atoms with Crippen LogP contribution in [-0.4, -0.2) is 24.5 Å². The van der Waals surface area contributed by atoms with E-state index in [9.17, 15) is 0 Å². The molecule has 0 aromatic rings. The molecule has 0 aliphatic heterocycles. The monoisotopic (exact) mass is 169 g/mol. The van der Waals surface area contributed by atoms with E-state index in [1.807, 2.05) is 0 Å². The van der Waals surface area contributed by atoms with E-state index in [0.29, 0.717) is 0 Å². The summed E-state index contributed by atoms with van der Waals surface area (Å²) < 4.78 is 0. The molecule has 0 unspecified atom stereocenters. The molecule has 0 aliphatic rings. The number of hydrogen-bond acceptors (Lipinski definition) is 1. The van der Waals surface area contributed by atoms with E-state index in [2.05, 4.69) is 44.7 Å². The van der Waals surface area contributed by atoms with Crippen molar-refractivity contribution in [2.75, 3.05) is 19.6 Å². The van der Waals surface area contributed by atoms with Gasteiger partial charge in [-0.2, -0.15) is 0 Å². The summed E-state index contributed by atoms with van der Waals surface area (Å²) in [5.74, 6) is 0.788. The first-order valence-electron chi connectivity index (χ1n) is 5.04. The number of rotatable bonds is 6. The number of allylic oxidation sites excluding steroid dienone is 1. The molecule has 0 saturated carbocycles. The fourth-order valence-electron chi connectivity index (χ4n) is 1.32. The summed E-state index contributed by atoms with van der Waals surface area (Å²) >= 11 is 0. The van der Waals surface area contributed by atoms with Gasteiger partial charge in [-0.25, -0.2) is 0 Å². The summed E-state index contributed by atoms with van der Waals surface area (Å²) in [6.45, 7) is 12.5. The van der Waals surface area contributed by atoms with Gasteiger partial charge in [0, 0.05) is 13.1 Å². The largest absolute Gasteiger partial charge is 0.303 e. The smallest absolute Gasteiger partial charge is 0.00159 e. The first-order chi connectivity index (χ1) is 5.70.